The topological polar surface area (TPSA) is 481 Å². The number of carbonyl (C=O) groups excluding carboxylic acids is 4. The van der Waals surface area contributed by atoms with Gasteiger partial charge in [0, 0.05) is 45.3 Å². The maximum absolute atomic E-state index is 13.0. The molecule has 0 aliphatic carbocycles. The summed E-state index contributed by atoms with van der Waals surface area (Å²) >= 11 is 0. The van der Waals surface area contributed by atoms with Gasteiger partial charge in [-0.05, 0) is 18.6 Å². The molecule has 0 saturated carbocycles. The van der Waals surface area contributed by atoms with Crippen LogP contribution in [0.3, 0.4) is 0 Å². The maximum atomic E-state index is 13.0. The maximum Gasteiger partial charge on any atom is 0.407 e. The highest BCUT2D eigenvalue weighted by Gasteiger charge is 2.45. The lowest BCUT2D eigenvalue weighted by Crippen LogP contribution is -2.60. The van der Waals surface area contributed by atoms with Crippen LogP contribution in [0.25, 0.3) is 0 Å². The number of aliphatic hydroxyl groups excluding tert-OH is 4. The molecular weight excluding hydrogens is 1030 g/mol. The molecular formula is C46H75N9O22. The normalized spacial score (nSPS) is 20.8. The van der Waals surface area contributed by atoms with Gasteiger partial charge < -0.3 is 117 Å². The summed E-state index contributed by atoms with van der Waals surface area (Å²) < 4.78 is 54.8. The number of nitrogens with zero attached hydrogens (tertiary/aromatic N) is 2. The van der Waals surface area contributed by atoms with Gasteiger partial charge in [-0.15, -0.1) is 6.42 Å². The molecule has 0 bridgehead atoms. The predicted molar refractivity (Wildman–Crippen MR) is 266 cm³/mol. The number of carbonyl (C=O) groups is 6. The molecule has 2 heterocycles. The summed E-state index contributed by atoms with van der Waals surface area (Å²) in [5, 5.41) is 67.9. The SMILES string of the molecule is C#CCOCCOCCOCCOCCC(=O)N[C@@H](CCOC(=O)CCCO[C@@H]([C@@H]1OC(C(=O)O)=C[C@H](N=C(N)N)[C@H]1C)[C@H](O)CO)COC(=O)NCCO[C@@H]([C@@H]1OC(C(=O)O)=C[C@H](N=C(N)N)[C@H]1NC(C)=O)[C@H](O)CO. The summed E-state index contributed by atoms with van der Waals surface area (Å²) in [6.45, 7) is 1.37. The Morgan fingerprint density at radius 2 is 1.26 bits per heavy atom. The molecule has 0 aromatic heterocycles. The van der Waals surface area contributed by atoms with Gasteiger partial charge in [0.25, 0.3) is 0 Å². The zero-order valence-electron chi connectivity index (χ0n) is 42.9. The number of aliphatic carboxylic acids is 2. The van der Waals surface area contributed by atoms with Crippen LogP contribution in [0.15, 0.2) is 33.7 Å². The zero-order chi connectivity index (χ0) is 57.3. The summed E-state index contributed by atoms with van der Waals surface area (Å²) in [6.07, 6.45) is -2.72. The second kappa shape index (κ2) is 37.2. The molecule has 31 nitrogen and oxygen atoms in total. The number of terminal acetylenes is 1. The Labute approximate surface area is 443 Å². The molecule has 2 rings (SSSR count). The Balaban J connectivity index is 2.02. The van der Waals surface area contributed by atoms with Crippen LogP contribution in [-0.4, -0.2) is 238 Å². The minimum atomic E-state index is -1.72. The van der Waals surface area contributed by atoms with Crippen LogP contribution in [0.5, 0.6) is 0 Å². The number of aliphatic imine (C=N–C) groups is 2. The van der Waals surface area contributed by atoms with E-state index >= 15 is 0 Å². The first-order valence-electron chi connectivity index (χ1n) is 24.3. The van der Waals surface area contributed by atoms with Crippen LogP contribution < -0.4 is 38.9 Å². The molecule has 0 aromatic rings. The first-order chi connectivity index (χ1) is 36.7. The number of esters is 1. The molecule has 2 aliphatic rings. The number of guanidine groups is 2. The molecule has 17 N–H and O–H groups in total. The van der Waals surface area contributed by atoms with Gasteiger partial charge >= 0.3 is 24.0 Å². The molecule has 0 spiro atoms. The van der Waals surface area contributed by atoms with Crippen LogP contribution in [-0.2, 0) is 71.3 Å². The molecule has 436 valence electrons. The average molecular weight is 1110 g/mol. The molecule has 0 saturated heterocycles. The van der Waals surface area contributed by atoms with Gasteiger partial charge in [0.15, 0.2) is 18.0 Å². The van der Waals surface area contributed by atoms with Gasteiger partial charge in [-0.2, -0.15) is 0 Å². The van der Waals surface area contributed by atoms with Crippen molar-refractivity contribution < 1.29 is 107 Å². The van der Waals surface area contributed by atoms with E-state index in [2.05, 4.69) is 31.9 Å². The minimum absolute atomic E-state index is 0.00808. The smallest absolute Gasteiger partial charge is 0.407 e. The molecule has 11 atom stereocenters. The number of alkyl carbamates (subject to hydrolysis) is 1. The molecule has 3 amide bonds. The van der Waals surface area contributed by atoms with E-state index in [1.807, 2.05) is 0 Å². The van der Waals surface area contributed by atoms with Crippen molar-refractivity contribution >= 4 is 47.7 Å². The monoisotopic (exact) mass is 1110 g/mol. The van der Waals surface area contributed by atoms with Gasteiger partial charge in [-0.3, -0.25) is 14.4 Å². The Bertz CT molecular complexity index is 2020. The van der Waals surface area contributed by atoms with Crippen LogP contribution in [0.4, 0.5) is 4.79 Å². The fourth-order valence-electron chi connectivity index (χ4n) is 7.32. The summed E-state index contributed by atoms with van der Waals surface area (Å²) in [5.74, 6) is -5.03. The largest absolute Gasteiger partial charge is 0.480 e. The zero-order valence-corrected chi connectivity index (χ0v) is 42.9. The number of nitrogens with two attached hydrogens (primary N) is 4. The van der Waals surface area contributed by atoms with E-state index in [0.29, 0.717) is 26.4 Å². The first kappa shape index (κ1) is 66.5. The summed E-state index contributed by atoms with van der Waals surface area (Å²) in [5.41, 5.74) is 22.1. The van der Waals surface area contributed by atoms with Crippen molar-refractivity contribution in [3.63, 3.8) is 0 Å². The lowest BCUT2D eigenvalue weighted by molar-refractivity contribution is -0.157. The number of hydrogen-bond acceptors (Lipinski definition) is 22. The van der Waals surface area contributed by atoms with Gasteiger partial charge in [-0.1, -0.05) is 12.8 Å². The minimum Gasteiger partial charge on any atom is -0.480 e. The number of amides is 3. The standard InChI is InChI=1S/C46H75N9O22/c1-4-10-68-15-17-70-19-20-71-18-16-69-12-8-35(61)53-28(7-13-72-36(62)6-5-11-73-39(31(59)23-56)38-26(2)29(54-44(47)48)21-33(76-38)42(63)64)25-75-46(67)51-9-14-74-40(32(60)24-57)41-37(52-27(3)58)30(55-45(49)50)22-34(77-41)43(65)66/h1,21-22,26,28-32,37-41,56-57,59-60H,5-20,23-25H2,2-3H3,(H,51,67)(H,52,58)(H,53,61)(H,63,64)(H,65,66)(H4,47,48,54)(H4,49,50,55)/t26-,28+,29+,30+,31-,32-,37-,38-,39-,40-,41-/m1/s1. The molecule has 0 unspecified atom stereocenters. The van der Waals surface area contributed by atoms with Crippen LogP contribution in [0.1, 0.15) is 39.5 Å². The molecule has 2 aliphatic heterocycles. The fraction of sp³-hybridized carbons (Fsp3) is 0.696. The molecule has 77 heavy (non-hydrogen) atoms. The van der Waals surface area contributed by atoms with E-state index in [4.69, 9.17) is 76.7 Å². The average Bonchev–Trinajstić information content (AvgIpc) is 3.37. The summed E-state index contributed by atoms with van der Waals surface area (Å²) in [7, 11) is 0. The van der Waals surface area contributed by atoms with Crippen molar-refractivity contribution in [3.8, 4) is 12.3 Å². The highest BCUT2D eigenvalue weighted by atomic mass is 16.6. The second-order valence-corrected chi connectivity index (χ2v) is 16.9. The Hall–Kier alpha value is -6.60. The third kappa shape index (κ3) is 26.3. The van der Waals surface area contributed by atoms with Gasteiger partial charge in [0.1, 0.15) is 43.7 Å². The highest BCUT2D eigenvalue weighted by molar-refractivity contribution is 5.86. The predicted octanol–water partition coefficient (Wildman–Crippen LogP) is -5.36. The Morgan fingerprint density at radius 1 is 0.727 bits per heavy atom. The van der Waals surface area contributed by atoms with E-state index in [1.54, 1.807) is 6.92 Å². The first-order valence-corrected chi connectivity index (χ1v) is 24.3. The molecule has 0 aromatic carbocycles. The number of rotatable bonds is 39. The van der Waals surface area contributed by atoms with Crippen LogP contribution in [0, 0.1) is 18.3 Å². The fourth-order valence-corrected chi connectivity index (χ4v) is 7.32. The third-order valence-corrected chi connectivity index (χ3v) is 10.9. The quantitative estimate of drug-likeness (QED) is 0.00898. The molecule has 0 radical (unpaired) electrons. The van der Waals surface area contributed by atoms with Crippen molar-refractivity contribution in [3.05, 3.63) is 23.7 Å². The van der Waals surface area contributed by atoms with E-state index < -0.39 is 146 Å². The van der Waals surface area contributed by atoms with E-state index in [0.717, 1.165) is 13.0 Å². The van der Waals surface area contributed by atoms with E-state index in [9.17, 15) is 59.4 Å². The third-order valence-electron chi connectivity index (χ3n) is 10.9. The van der Waals surface area contributed by atoms with Crippen LogP contribution >= 0.6 is 0 Å². The van der Waals surface area contributed by atoms with Gasteiger partial charge in [-0.25, -0.2) is 24.4 Å². The van der Waals surface area contributed by atoms with Crippen molar-refractivity contribution in [1.29, 1.82) is 0 Å². The Kier molecular flexibility index (Phi) is 32.2. The van der Waals surface area contributed by atoms with Crippen molar-refractivity contribution in [1.82, 2.24) is 16.0 Å². The van der Waals surface area contributed by atoms with Crippen molar-refractivity contribution in [2.45, 2.75) is 100 Å². The van der Waals surface area contributed by atoms with Crippen molar-refractivity contribution in [2.75, 3.05) is 99.0 Å². The lowest BCUT2D eigenvalue weighted by Gasteiger charge is -2.40. The number of nitrogens with one attached hydrogen (secondary N) is 3. The molecule has 0 fully saturated rings. The number of ether oxygens (including phenoxy) is 10. The van der Waals surface area contributed by atoms with E-state index in [-0.39, 0.29) is 77.8 Å². The van der Waals surface area contributed by atoms with Gasteiger partial charge in [0.05, 0.1) is 96.8 Å². The van der Waals surface area contributed by atoms with E-state index in [1.165, 1.54) is 6.08 Å². The van der Waals surface area contributed by atoms with Crippen LogP contribution in [0.2, 0.25) is 0 Å². The van der Waals surface area contributed by atoms with Gasteiger partial charge in [0.2, 0.25) is 23.3 Å². The Morgan fingerprint density at radius 3 is 1.82 bits per heavy atom. The second-order valence-electron chi connectivity index (χ2n) is 16.9. The molecule has 31 heteroatoms. The summed E-state index contributed by atoms with van der Waals surface area (Å²) in [6, 6.07) is -4.21. The number of carboxylic acids is 2. The highest BCUT2D eigenvalue weighted by Crippen LogP contribution is 2.31. The van der Waals surface area contributed by atoms with Crippen molar-refractivity contribution in [2.24, 2.45) is 38.8 Å². The lowest BCUT2D eigenvalue weighted by atomic mass is 9.87. The number of carboxylic acid groups (broad SMARTS) is 2. The summed E-state index contributed by atoms with van der Waals surface area (Å²) in [4.78, 5) is 82.5. The number of hydrogen-bond donors (Lipinski definition) is 13. The number of aliphatic hydroxyl groups is 4.